The fourth-order valence-corrected chi connectivity index (χ4v) is 4.11. The quantitative estimate of drug-likeness (QED) is 0.137. The van der Waals surface area contributed by atoms with E-state index in [1.165, 1.54) is 24.3 Å². The molecule has 41 heavy (non-hydrogen) atoms. The van der Waals surface area contributed by atoms with Crippen molar-refractivity contribution in [3.05, 3.63) is 138 Å². The first-order valence-electron chi connectivity index (χ1n) is 12.8. The first-order chi connectivity index (χ1) is 19.9. The van der Waals surface area contributed by atoms with E-state index in [4.69, 9.17) is 14.3 Å². The highest BCUT2D eigenvalue weighted by Gasteiger charge is 2.56. The molecule has 0 spiro atoms. The second-order valence-electron chi connectivity index (χ2n) is 9.21. The van der Waals surface area contributed by atoms with Gasteiger partial charge in [0.25, 0.3) is 5.54 Å². The Morgan fingerprint density at radius 2 is 1.12 bits per heavy atom. The van der Waals surface area contributed by atoms with Crippen LogP contribution in [0.3, 0.4) is 0 Å². The lowest BCUT2D eigenvalue weighted by Gasteiger charge is -2.36. The molecule has 1 atom stereocenters. The summed E-state index contributed by atoms with van der Waals surface area (Å²) in [4.78, 5) is 45.4. The smallest absolute Gasteiger partial charge is 0.508 e. The van der Waals surface area contributed by atoms with E-state index >= 15 is 0 Å². The van der Waals surface area contributed by atoms with Crippen molar-refractivity contribution >= 4 is 18.1 Å². The van der Waals surface area contributed by atoms with Crippen molar-refractivity contribution in [1.29, 1.82) is 0 Å². The number of phenols is 1. The Morgan fingerprint density at radius 1 is 0.634 bits per heavy atom. The van der Waals surface area contributed by atoms with Crippen molar-refractivity contribution in [2.24, 2.45) is 0 Å². The Morgan fingerprint density at radius 3 is 1.63 bits per heavy atom. The van der Waals surface area contributed by atoms with Gasteiger partial charge in [0.2, 0.25) is 0 Å². The van der Waals surface area contributed by atoms with Crippen LogP contribution >= 0.6 is 0 Å². The molecule has 0 aliphatic carbocycles. The predicted octanol–water partition coefficient (Wildman–Crippen LogP) is 5.27. The minimum Gasteiger partial charge on any atom is -0.508 e. The van der Waals surface area contributed by atoms with Crippen LogP contribution in [-0.2, 0) is 50.1 Å². The normalized spacial score (nSPS) is 12.2. The van der Waals surface area contributed by atoms with Crippen LogP contribution in [0, 0.1) is 0 Å². The van der Waals surface area contributed by atoms with E-state index in [1.807, 2.05) is 6.07 Å². The van der Waals surface area contributed by atoms with Crippen LogP contribution in [0.25, 0.3) is 0 Å². The van der Waals surface area contributed by atoms with E-state index in [0.717, 1.165) is 5.06 Å². The molecule has 0 heterocycles. The summed E-state index contributed by atoms with van der Waals surface area (Å²) in [6.07, 6.45) is -1.65. The molecule has 4 aromatic carbocycles. The Balaban J connectivity index is 1.70. The van der Waals surface area contributed by atoms with Crippen molar-refractivity contribution in [2.75, 3.05) is 0 Å². The van der Waals surface area contributed by atoms with Crippen molar-refractivity contribution in [2.45, 2.75) is 31.7 Å². The maximum Gasteiger partial charge on any atom is 0.528 e. The number of hydrogen-bond donors (Lipinski definition) is 2. The zero-order valence-electron chi connectivity index (χ0n) is 22.1. The van der Waals surface area contributed by atoms with Gasteiger partial charge in [-0.15, -0.1) is 5.06 Å². The number of aromatic hydroxyl groups is 1. The molecule has 0 amide bonds. The lowest BCUT2D eigenvalue weighted by molar-refractivity contribution is -0.223. The number of ether oxygens (including phenoxy) is 2. The molecule has 0 unspecified atom stereocenters. The summed E-state index contributed by atoms with van der Waals surface area (Å²) in [5.41, 5.74) is -0.248. The fourth-order valence-electron chi connectivity index (χ4n) is 4.11. The fraction of sp³-hybridized carbons (Fsp3) is 0.156. The average Bonchev–Trinajstić information content (AvgIpc) is 2.99. The summed E-state index contributed by atoms with van der Waals surface area (Å²) in [6, 6.07) is 32.0. The van der Waals surface area contributed by atoms with E-state index in [0.29, 0.717) is 22.3 Å². The molecule has 9 heteroatoms. The molecule has 9 nitrogen and oxygen atoms in total. The van der Waals surface area contributed by atoms with Crippen molar-refractivity contribution < 1.29 is 38.9 Å². The molecule has 0 saturated heterocycles. The second kappa shape index (κ2) is 13.8. The molecule has 0 radical (unpaired) electrons. The van der Waals surface area contributed by atoms with Gasteiger partial charge in [0, 0.05) is 6.42 Å². The number of nitrogens with zero attached hydrogens (tertiary/aromatic N) is 1. The largest absolute Gasteiger partial charge is 0.528 e. The van der Waals surface area contributed by atoms with Gasteiger partial charge in [-0.05, 0) is 34.4 Å². The van der Waals surface area contributed by atoms with Gasteiger partial charge in [0.15, 0.2) is 0 Å². The second-order valence-corrected chi connectivity index (χ2v) is 9.21. The monoisotopic (exact) mass is 555 g/mol. The van der Waals surface area contributed by atoms with Gasteiger partial charge in [-0.1, -0.05) is 103 Å². The molecular formula is C32H29NO8. The van der Waals surface area contributed by atoms with Gasteiger partial charge in [-0.2, -0.15) is 0 Å². The zero-order valence-corrected chi connectivity index (χ0v) is 22.1. The molecule has 0 bridgehead atoms. The lowest BCUT2D eigenvalue weighted by Crippen LogP contribution is -2.62. The first-order valence-corrected chi connectivity index (χ1v) is 12.8. The predicted molar refractivity (Wildman–Crippen MR) is 148 cm³/mol. The maximum atomic E-state index is 13.8. The average molecular weight is 556 g/mol. The summed E-state index contributed by atoms with van der Waals surface area (Å²) in [5, 5.41) is 21.2. The van der Waals surface area contributed by atoms with Crippen molar-refractivity contribution in [1.82, 2.24) is 5.06 Å². The van der Waals surface area contributed by atoms with Gasteiger partial charge in [-0.25, -0.2) is 14.4 Å². The number of carboxylic acid groups (broad SMARTS) is 1. The van der Waals surface area contributed by atoms with E-state index in [1.54, 1.807) is 84.9 Å². The van der Waals surface area contributed by atoms with E-state index in [9.17, 15) is 24.6 Å². The number of phenolic OH excluding ortho intramolecular Hbond substituents is 1. The summed E-state index contributed by atoms with van der Waals surface area (Å²) in [7, 11) is 0. The lowest BCUT2D eigenvalue weighted by atomic mass is 9.89. The number of carboxylic acids is 1. The minimum atomic E-state index is -2.52. The number of hydrogen-bond acceptors (Lipinski definition) is 8. The molecule has 0 fully saturated rings. The van der Waals surface area contributed by atoms with Gasteiger partial charge < -0.3 is 24.5 Å². The number of carbonyl (C=O) groups is 3. The Kier molecular flexibility index (Phi) is 9.69. The Bertz CT molecular complexity index is 1430. The van der Waals surface area contributed by atoms with Crippen LogP contribution in [0.4, 0.5) is 4.79 Å². The summed E-state index contributed by atoms with van der Waals surface area (Å²) >= 11 is 0. The molecule has 0 aromatic heterocycles. The first kappa shape index (κ1) is 28.8. The van der Waals surface area contributed by atoms with Crippen LogP contribution < -0.4 is 0 Å². The van der Waals surface area contributed by atoms with Crippen LogP contribution in [-0.4, -0.2) is 38.9 Å². The molecule has 4 aromatic rings. The topological polar surface area (TPSA) is 123 Å². The molecule has 210 valence electrons. The SMILES string of the molecule is O=C(OCc1ccccc1)ON(Cc1ccccc1)[C@@](Cc1ccc(O)cc1)(C(=O)O)C(=O)OCc1ccccc1. The van der Waals surface area contributed by atoms with E-state index in [-0.39, 0.29) is 25.5 Å². The van der Waals surface area contributed by atoms with E-state index in [2.05, 4.69) is 0 Å². The number of rotatable bonds is 12. The van der Waals surface area contributed by atoms with Crippen LogP contribution in [0.15, 0.2) is 115 Å². The highest BCUT2D eigenvalue weighted by Crippen LogP contribution is 2.29. The highest BCUT2D eigenvalue weighted by molar-refractivity contribution is 6.04. The molecule has 4 rings (SSSR count). The van der Waals surface area contributed by atoms with Gasteiger partial charge in [0.05, 0.1) is 6.54 Å². The van der Waals surface area contributed by atoms with Crippen molar-refractivity contribution in [3.8, 4) is 5.75 Å². The van der Waals surface area contributed by atoms with Crippen LogP contribution in [0.1, 0.15) is 22.3 Å². The molecule has 0 aliphatic rings. The maximum absolute atomic E-state index is 13.8. The third-order valence-electron chi connectivity index (χ3n) is 6.28. The van der Waals surface area contributed by atoms with E-state index < -0.39 is 30.1 Å². The van der Waals surface area contributed by atoms with Crippen molar-refractivity contribution in [3.63, 3.8) is 0 Å². The molecule has 2 N–H and O–H groups in total. The summed E-state index contributed by atoms with van der Waals surface area (Å²) < 4.78 is 10.8. The Labute approximate surface area is 237 Å². The zero-order chi connectivity index (χ0) is 29.1. The third-order valence-corrected chi connectivity index (χ3v) is 6.28. The highest BCUT2D eigenvalue weighted by atomic mass is 16.8. The number of aliphatic carboxylic acids is 1. The van der Waals surface area contributed by atoms with Gasteiger partial charge >= 0.3 is 18.1 Å². The number of carbonyl (C=O) groups excluding carboxylic acids is 2. The summed E-state index contributed by atoms with van der Waals surface area (Å²) in [6.45, 7) is -0.608. The molecular weight excluding hydrogens is 526 g/mol. The van der Waals surface area contributed by atoms with Crippen LogP contribution in [0.5, 0.6) is 5.75 Å². The minimum absolute atomic E-state index is 0.0387. The summed E-state index contributed by atoms with van der Waals surface area (Å²) in [5.74, 6) is -2.78. The molecule has 0 saturated carbocycles. The number of esters is 1. The van der Waals surface area contributed by atoms with Crippen LogP contribution in [0.2, 0.25) is 0 Å². The standard InChI is InChI=1S/C32H29NO8/c34-28-18-16-24(17-19-28)20-32(29(35)36,30(37)39-22-26-12-6-2-7-13-26)33(21-25-10-4-1-5-11-25)41-31(38)40-23-27-14-8-3-9-15-27/h1-19,34H,20-23H2,(H,35,36)/t32-/m0/s1. The third kappa shape index (κ3) is 7.71. The molecule has 0 aliphatic heterocycles. The number of hydroxylamine groups is 2. The van der Waals surface area contributed by atoms with Gasteiger partial charge in [-0.3, -0.25) is 0 Å². The number of benzene rings is 4. The Hall–Kier alpha value is -5.15. The van der Waals surface area contributed by atoms with Gasteiger partial charge in [0.1, 0.15) is 19.0 Å².